The minimum absolute atomic E-state index is 0.0839. The third-order valence-corrected chi connectivity index (χ3v) is 66.6. The molecule has 0 saturated carbocycles. The monoisotopic (exact) mass is 813 g/mol. The second-order valence-electron chi connectivity index (χ2n) is 18.7. The third-order valence-electron chi connectivity index (χ3n) is 11.9. The number of halogens is 2. The van der Waals surface area contributed by atoms with E-state index in [2.05, 4.69) is 179 Å². The second-order valence-corrected chi connectivity index (χ2v) is 66.3. The van der Waals surface area contributed by atoms with Gasteiger partial charge in [0.25, 0.3) is 0 Å². The average molecular weight is 816 g/mol. The summed E-state index contributed by atoms with van der Waals surface area (Å²) in [6.07, 6.45) is 5.01. The number of hydrogen-bond acceptors (Lipinski definition) is 0. The van der Waals surface area contributed by atoms with E-state index in [4.69, 9.17) is 17.0 Å². The third kappa shape index (κ3) is 6.24. The van der Waals surface area contributed by atoms with Crippen LogP contribution in [0.3, 0.4) is 0 Å². The molecule has 0 bridgehead atoms. The van der Waals surface area contributed by atoms with Gasteiger partial charge in [-0.1, -0.05) is 0 Å². The Hall–Kier alpha value is -1.74. The second kappa shape index (κ2) is 12.7. The van der Waals surface area contributed by atoms with Gasteiger partial charge >= 0.3 is 316 Å². The van der Waals surface area contributed by atoms with Crippen LogP contribution in [-0.2, 0) is 26.4 Å². The van der Waals surface area contributed by atoms with E-state index >= 15 is 0 Å². The van der Waals surface area contributed by atoms with Crippen LogP contribution in [0.4, 0.5) is 0 Å². The zero-order valence-corrected chi connectivity index (χ0v) is 38.8. The van der Waals surface area contributed by atoms with Gasteiger partial charge in [0, 0.05) is 0 Å². The maximum atomic E-state index is 8.78. The van der Waals surface area contributed by atoms with Crippen LogP contribution in [0.5, 0.6) is 0 Å². The molecule has 0 aromatic heterocycles. The Kier molecular flexibility index (Phi) is 9.65. The van der Waals surface area contributed by atoms with Crippen LogP contribution in [0.2, 0.25) is 32.7 Å². The predicted molar refractivity (Wildman–Crippen MR) is 227 cm³/mol. The van der Waals surface area contributed by atoms with Crippen molar-refractivity contribution in [2.45, 2.75) is 106 Å². The van der Waals surface area contributed by atoms with Crippen molar-refractivity contribution in [3.63, 3.8) is 0 Å². The van der Waals surface area contributed by atoms with Gasteiger partial charge in [0.15, 0.2) is 0 Å². The topological polar surface area (TPSA) is 0 Å². The molecule has 5 heteroatoms. The van der Waals surface area contributed by atoms with Crippen molar-refractivity contribution in [1.29, 1.82) is 0 Å². The Labute approximate surface area is 313 Å². The van der Waals surface area contributed by atoms with E-state index in [1.165, 1.54) is 66.8 Å². The molecule has 0 fully saturated rings. The fourth-order valence-electron chi connectivity index (χ4n) is 8.82. The summed E-state index contributed by atoms with van der Waals surface area (Å²) in [5.41, 5.74) is 16.2. The van der Waals surface area contributed by atoms with Crippen LogP contribution in [0.1, 0.15) is 94.7 Å². The van der Waals surface area contributed by atoms with Crippen molar-refractivity contribution in [1.82, 2.24) is 0 Å². The molecule has 0 nitrogen and oxygen atoms in total. The molecule has 0 spiro atoms. The Bertz CT molecular complexity index is 2030. The molecule has 4 aromatic carbocycles. The van der Waals surface area contributed by atoms with E-state index in [-0.39, 0.29) is 18.1 Å². The first kappa shape index (κ1) is 38.0. The molecule has 263 valence electrons. The quantitative estimate of drug-likeness (QED) is 0.170. The fraction of sp³-hybridized carbons (Fsp3) is 0.378. The number of benzene rings is 4. The van der Waals surface area contributed by atoms with Crippen LogP contribution in [0.25, 0.3) is 34.4 Å². The van der Waals surface area contributed by atoms with Crippen molar-refractivity contribution in [3.05, 3.63) is 129 Å². The molecule has 2 unspecified atom stereocenters. The molecule has 50 heavy (non-hydrogen) atoms. The fourth-order valence-corrected chi connectivity index (χ4v) is 48.7. The van der Waals surface area contributed by atoms with E-state index < -0.39 is 29.6 Å². The average Bonchev–Trinajstić information content (AvgIpc) is 3.61. The molecule has 0 aliphatic heterocycles. The van der Waals surface area contributed by atoms with E-state index in [1.807, 2.05) is 0 Å². The zero-order valence-electron chi connectivity index (χ0n) is 32.6. The Morgan fingerprint density at radius 3 is 1.58 bits per heavy atom. The van der Waals surface area contributed by atoms with E-state index in [9.17, 15) is 0 Å². The molecule has 2 aliphatic rings. The summed E-state index contributed by atoms with van der Waals surface area (Å²) in [5.74, 6) is -1.66. The summed E-state index contributed by atoms with van der Waals surface area (Å²) in [6, 6.07) is 30.1. The number of fused-ring (bicyclic) bond motifs is 2. The van der Waals surface area contributed by atoms with Gasteiger partial charge < -0.3 is 0 Å². The molecule has 4 aromatic rings. The standard InChI is InChI=1S/C22H27Si.C21H23.C2H7Si.2ClH.Zr/c1-22(2,3)18-12-10-16(11-13-18)20-9-7-8-17-14-19(15-21(17)20)23(4,5)6;1-14-12-19-15(2)6-11-18(20(19)13-14)16-7-9-17(10-8-16)21(3,4)5;1-3-2;;;/h7-15H,1-6H3;6-13H,1-5H3;3H,1-2H3;2*1H;/q;;;;;+2/p-2. The molecular weight excluding hydrogens is 759 g/mol. The Morgan fingerprint density at radius 2 is 1.12 bits per heavy atom. The van der Waals surface area contributed by atoms with Gasteiger partial charge in [0.05, 0.1) is 0 Å². The first-order valence-corrected chi connectivity index (χ1v) is 38.3. The number of rotatable bonds is 6. The van der Waals surface area contributed by atoms with Crippen molar-refractivity contribution in [3.8, 4) is 22.3 Å². The summed E-state index contributed by atoms with van der Waals surface area (Å²) < 4.78 is 0.191. The number of allylic oxidation sites excluding steroid dienone is 2. The Balaban J connectivity index is 1.56. The van der Waals surface area contributed by atoms with E-state index in [0.717, 1.165) is 0 Å². The molecule has 0 amide bonds. The van der Waals surface area contributed by atoms with Gasteiger partial charge in [-0.2, -0.15) is 0 Å². The van der Waals surface area contributed by atoms with E-state index in [0.29, 0.717) is 0 Å². The SMILES string of the molecule is CC1=Cc2c(-c3ccc(C(C)(C)C)cc3)ccc(C)c2[CH]1[Zr]([Cl])([Cl])([CH]1C([Si](C)(C)C)=Cc2c(-c3ccc(C(C)(C)C)cc3)cccc21)[SiH](C)C. The number of hydrogen-bond donors (Lipinski definition) is 0. The van der Waals surface area contributed by atoms with Gasteiger partial charge in [-0.05, 0) is 0 Å². The maximum absolute atomic E-state index is 8.78. The summed E-state index contributed by atoms with van der Waals surface area (Å²) >= 11 is -4.89. The molecule has 0 saturated heterocycles. The van der Waals surface area contributed by atoms with Gasteiger partial charge in [0.1, 0.15) is 0 Å². The van der Waals surface area contributed by atoms with Crippen LogP contribution in [-0.4, -0.2) is 14.0 Å². The summed E-state index contributed by atoms with van der Waals surface area (Å²) in [5, 5.41) is 1.55. The van der Waals surface area contributed by atoms with Crippen molar-refractivity contribution >= 4 is 43.2 Å². The van der Waals surface area contributed by atoms with Gasteiger partial charge in [-0.3, -0.25) is 0 Å². The first-order chi connectivity index (χ1) is 23.0. The van der Waals surface area contributed by atoms with Crippen LogP contribution >= 0.6 is 17.0 Å². The molecule has 0 N–H and O–H groups in total. The first-order valence-electron chi connectivity index (χ1n) is 18.5. The van der Waals surface area contributed by atoms with Crippen molar-refractivity contribution in [2.75, 3.05) is 0 Å². The van der Waals surface area contributed by atoms with Crippen molar-refractivity contribution < 1.29 is 15.6 Å². The molecule has 0 heterocycles. The molecule has 2 atom stereocenters. The van der Waals surface area contributed by atoms with Gasteiger partial charge in [-0.15, -0.1) is 0 Å². The van der Waals surface area contributed by atoms with Gasteiger partial charge in [0.2, 0.25) is 0 Å². The molecule has 0 radical (unpaired) electrons. The summed E-state index contributed by atoms with van der Waals surface area (Å²) in [7, 11) is 15.7. The van der Waals surface area contributed by atoms with Gasteiger partial charge in [-0.25, -0.2) is 0 Å². The van der Waals surface area contributed by atoms with Crippen LogP contribution in [0, 0.1) is 6.92 Å². The predicted octanol–water partition coefficient (Wildman–Crippen LogP) is 14.4. The van der Waals surface area contributed by atoms with Crippen LogP contribution < -0.4 is 0 Å². The molecular formula is C45H57Cl2Si2Zr. The van der Waals surface area contributed by atoms with Crippen molar-refractivity contribution in [2.24, 2.45) is 0 Å². The van der Waals surface area contributed by atoms with E-state index in [1.54, 1.807) is 5.20 Å². The normalized spacial score (nSPS) is 18.8. The summed E-state index contributed by atoms with van der Waals surface area (Å²) in [4.78, 5) is 0. The number of aryl methyl sites for hydroxylation is 1. The Morgan fingerprint density at radius 1 is 0.620 bits per heavy atom. The minimum atomic E-state index is -4.89. The zero-order chi connectivity index (χ0) is 36.8. The summed E-state index contributed by atoms with van der Waals surface area (Å²) in [6.45, 7) is 30.7. The molecule has 6 rings (SSSR count). The molecule has 2 aliphatic carbocycles. The van der Waals surface area contributed by atoms with Crippen LogP contribution in [0.15, 0.2) is 89.6 Å².